The number of halogens is 2. The molecule has 1 aliphatic rings. The normalized spacial score (nSPS) is 17.2. The molecular weight excluding hydrogens is 262 g/mol. The van der Waals surface area contributed by atoms with Crippen LogP contribution in [0, 0.1) is 23.0 Å². The number of nitriles is 1. The Labute approximate surface area is 116 Å². The third kappa shape index (κ3) is 3.32. The standard InChI is InChI=1S/C15H16F2N2O/c16-12-5-4-11(13(17)9-12)8-14(20)19-15(10-18)6-2-1-3-7-15/h4-5,9H,1-3,6-8H2,(H,19,20). The molecule has 2 rings (SSSR count). The van der Waals surface area contributed by atoms with Crippen molar-refractivity contribution in [3.63, 3.8) is 0 Å². The number of carbonyl (C=O) groups is 1. The molecule has 3 nitrogen and oxygen atoms in total. The van der Waals surface area contributed by atoms with Gasteiger partial charge in [-0.1, -0.05) is 25.3 Å². The highest BCUT2D eigenvalue weighted by molar-refractivity contribution is 5.79. The van der Waals surface area contributed by atoms with Crippen molar-refractivity contribution < 1.29 is 13.6 Å². The van der Waals surface area contributed by atoms with Crippen molar-refractivity contribution in [1.82, 2.24) is 5.32 Å². The van der Waals surface area contributed by atoms with Gasteiger partial charge in [-0.3, -0.25) is 4.79 Å². The number of nitrogens with zero attached hydrogens (tertiary/aromatic N) is 1. The topological polar surface area (TPSA) is 52.9 Å². The van der Waals surface area contributed by atoms with Gasteiger partial charge in [0.25, 0.3) is 0 Å². The van der Waals surface area contributed by atoms with Gasteiger partial charge in [-0.05, 0) is 24.5 Å². The lowest BCUT2D eigenvalue weighted by molar-refractivity contribution is -0.122. The van der Waals surface area contributed by atoms with Crippen molar-refractivity contribution in [2.24, 2.45) is 0 Å². The van der Waals surface area contributed by atoms with E-state index in [9.17, 15) is 18.8 Å². The summed E-state index contributed by atoms with van der Waals surface area (Å²) >= 11 is 0. The maximum absolute atomic E-state index is 13.5. The smallest absolute Gasteiger partial charge is 0.225 e. The summed E-state index contributed by atoms with van der Waals surface area (Å²) in [6.45, 7) is 0. The predicted molar refractivity (Wildman–Crippen MR) is 69.6 cm³/mol. The van der Waals surface area contributed by atoms with Gasteiger partial charge >= 0.3 is 0 Å². The van der Waals surface area contributed by atoms with Gasteiger partial charge in [-0.25, -0.2) is 8.78 Å². The Morgan fingerprint density at radius 1 is 1.30 bits per heavy atom. The largest absolute Gasteiger partial charge is 0.338 e. The molecule has 5 heteroatoms. The summed E-state index contributed by atoms with van der Waals surface area (Å²) in [5.41, 5.74) is -0.695. The first kappa shape index (κ1) is 14.4. The number of nitrogens with one attached hydrogen (secondary N) is 1. The van der Waals surface area contributed by atoms with Crippen molar-refractivity contribution in [2.75, 3.05) is 0 Å². The highest BCUT2D eigenvalue weighted by atomic mass is 19.1. The molecule has 1 aromatic carbocycles. The quantitative estimate of drug-likeness (QED) is 0.924. The Bertz CT molecular complexity index is 545. The van der Waals surface area contributed by atoms with E-state index in [1.54, 1.807) is 0 Å². The first-order valence-corrected chi connectivity index (χ1v) is 6.71. The van der Waals surface area contributed by atoms with E-state index in [2.05, 4.69) is 11.4 Å². The molecule has 0 spiro atoms. The summed E-state index contributed by atoms with van der Waals surface area (Å²) in [7, 11) is 0. The summed E-state index contributed by atoms with van der Waals surface area (Å²) in [6.07, 6.45) is 3.93. The molecule has 1 aliphatic carbocycles. The second-order valence-electron chi connectivity index (χ2n) is 5.22. The fourth-order valence-corrected chi connectivity index (χ4v) is 2.57. The molecule has 0 aromatic heterocycles. The molecule has 1 saturated carbocycles. The first-order chi connectivity index (χ1) is 9.54. The maximum atomic E-state index is 13.5. The van der Waals surface area contributed by atoms with Crippen molar-refractivity contribution in [3.8, 4) is 6.07 Å². The third-order valence-corrected chi connectivity index (χ3v) is 3.67. The summed E-state index contributed by atoms with van der Waals surface area (Å²) in [6, 6.07) is 5.30. The molecule has 0 heterocycles. The van der Waals surface area contributed by atoms with Gasteiger partial charge in [0.05, 0.1) is 12.5 Å². The number of carbonyl (C=O) groups excluding carboxylic acids is 1. The van der Waals surface area contributed by atoms with Gasteiger partial charge in [0.15, 0.2) is 0 Å². The number of hydrogen-bond acceptors (Lipinski definition) is 2. The minimum absolute atomic E-state index is 0.132. The van der Waals surface area contributed by atoms with Gasteiger partial charge in [0.1, 0.15) is 17.2 Å². The Morgan fingerprint density at radius 2 is 2.00 bits per heavy atom. The molecule has 20 heavy (non-hydrogen) atoms. The van der Waals surface area contributed by atoms with Crippen LogP contribution in [0.3, 0.4) is 0 Å². The van der Waals surface area contributed by atoms with Crippen molar-refractivity contribution in [2.45, 2.75) is 44.1 Å². The number of hydrogen-bond donors (Lipinski definition) is 1. The lowest BCUT2D eigenvalue weighted by Crippen LogP contribution is -2.49. The monoisotopic (exact) mass is 278 g/mol. The van der Waals surface area contributed by atoms with Crippen LogP contribution in [0.5, 0.6) is 0 Å². The second kappa shape index (κ2) is 6.00. The summed E-state index contributed by atoms with van der Waals surface area (Å²) in [4.78, 5) is 12.0. The highest BCUT2D eigenvalue weighted by Gasteiger charge is 2.33. The highest BCUT2D eigenvalue weighted by Crippen LogP contribution is 2.27. The Balaban J connectivity index is 2.03. The summed E-state index contributed by atoms with van der Waals surface area (Å²) in [5.74, 6) is -1.82. The molecular formula is C15H16F2N2O. The zero-order valence-corrected chi connectivity index (χ0v) is 11.1. The van der Waals surface area contributed by atoms with Gasteiger partial charge in [0.2, 0.25) is 5.91 Å². The van der Waals surface area contributed by atoms with Crippen LogP contribution in [-0.4, -0.2) is 11.4 Å². The van der Waals surface area contributed by atoms with E-state index in [0.29, 0.717) is 12.8 Å². The van der Waals surface area contributed by atoms with Crippen molar-refractivity contribution >= 4 is 5.91 Å². The van der Waals surface area contributed by atoms with E-state index < -0.39 is 23.1 Å². The molecule has 106 valence electrons. The van der Waals surface area contributed by atoms with Gasteiger partial charge in [-0.2, -0.15) is 5.26 Å². The minimum Gasteiger partial charge on any atom is -0.338 e. The van der Waals surface area contributed by atoms with Crippen LogP contribution in [0.15, 0.2) is 18.2 Å². The molecule has 0 bridgehead atoms. The average Bonchev–Trinajstić information content (AvgIpc) is 2.43. The van der Waals surface area contributed by atoms with E-state index in [-0.39, 0.29) is 12.0 Å². The zero-order chi connectivity index (χ0) is 14.6. The SMILES string of the molecule is N#CC1(NC(=O)Cc2ccc(F)cc2F)CCCCC1. The zero-order valence-electron chi connectivity index (χ0n) is 11.1. The fourth-order valence-electron chi connectivity index (χ4n) is 2.57. The van der Waals surface area contributed by atoms with Gasteiger partial charge in [0, 0.05) is 6.07 Å². The lowest BCUT2D eigenvalue weighted by atomic mass is 9.82. The van der Waals surface area contributed by atoms with E-state index in [1.165, 1.54) is 6.07 Å². The van der Waals surface area contributed by atoms with E-state index >= 15 is 0 Å². The number of rotatable bonds is 3. The molecule has 1 amide bonds. The van der Waals surface area contributed by atoms with Crippen LogP contribution in [-0.2, 0) is 11.2 Å². The molecule has 0 radical (unpaired) electrons. The molecule has 0 atom stereocenters. The van der Waals surface area contributed by atoms with Crippen LogP contribution < -0.4 is 5.32 Å². The molecule has 0 saturated heterocycles. The van der Waals surface area contributed by atoms with Crippen LogP contribution >= 0.6 is 0 Å². The van der Waals surface area contributed by atoms with Crippen LogP contribution in [0.25, 0.3) is 0 Å². The first-order valence-electron chi connectivity index (χ1n) is 6.71. The number of benzene rings is 1. The molecule has 0 unspecified atom stereocenters. The van der Waals surface area contributed by atoms with Crippen LogP contribution in [0.4, 0.5) is 8.78 Å². The van der Waals surface area contributed by atoms with Crippen molar-refractivity contribution in [3.05, 3.63) is 35.4 Å². The van der Waals surface area contributed by atoms with E-state index in [1.807, 2.05) is 0 Å². The Hall–Kier alpha value is -1.96. The van der Waals surface area contributed by atoms with Gasteiger partial charge in [-0.15, -0.1) is 0 Å². The number of amides is 1. The molecule has 1 N–H and O–H groups in total. The maximum Gasteiger partial charge on any atom is 0.225 e. The fraction of sp³-hybridized carbons (Fsp3) is 0.467. The molecule has 0 aliphatic heterocycles. The van der Waals surface area contributed by atoms with Crippen molar-refractivity contribution in [1.29, 1.82) is 5.26 Å². The third-order valence-electron chi connectivity index (χ3n) is 3.67. The van der Waals surface area contributed by atoms with E-state index in [0.717, 1.165) is 31.4 Å². The average molecular weight is 278 g/mol. The van der Waals surface area contributed by atoms with Crippen LogP contribution in [0.2, 0.25) is 0 Å². The Morgan fingerprint density at radius 3 is 2.60 bits per heavy atom. The second-order valence-corrected chi connectivity index (χ2v) is 5.22. The van der Waals surface area contributed by atoms with E-state index in [4.69, 9.17) is 0 Å². The molecule has 1 aromatic rings. The summed E-state index contributed by atoms with van der Waals surface area (Å²) < 4.78 is 26.3. The van der Waals surface area contributed by atoms with Crippen LogP contribution in [0.1, 0.15) is 37.7 Å². The molecule has 1 fully saturated rings. The minimum atomic E-state index is -0.828. The summed E-state index contributed by atoms with van der Waals surface area (Å²) in [5, 5.41) is 12.0. The lowest BCUT2D eigenvalue weighted by Gasteiger charge is -2.31. The predicted octanol–water partition coefficient (Wildman–Crippen LogP) is 2.85. The Kier molecular flexibility index (Phi) is 4.33. The van der Waals surface area contributed by atoms with Gasteiger partial charge < -0.3 is 5.32 Å².